The van der Waals surface area contributed by atoms with Crippen molar-refractivity contribution in [2.75, 3.05) is 18.5 Å². The number of hydrogen-bond acceptors (Lipinski definition) is 2. The summed E-state index contributed by atoms with van der Waals surface area (Å²) in [5, 5.41) is 0. The number of rotatable bonds is 6. The second-order valence-corrected chi connectivity index (χ2v) is 4.88. The third kappa shape index (κ3) is 2.81. The van der Waals surface area contributed by atoms with E-state index in [-0.39, 0.29) is 5.54 Å². The largest absolute Gasteiger partial charge is 0.367 e. The second-order valence-electron chi connectivity index (χ2n) is 4.88. The minimum Gasteiger partial charge on any atom is -0.367 e. The van der Waals surface area contributed by atoms with Gasteiger partial charge in [-0.25, -0.2) is 0 Å². The van der Waals surface area contributed by atoms with E-state index < -0.39 is 0 Å². The number of nitrogens with zero attached hydrogens (tertiary/aromatic N) is 1. The Morgan fingerprint density at radius 2 is 1.88 bits per heavy atom. The maximum atomic E-state index is 6.05. The van der Waals surface area contributed by atoms with Gasteiger partial charge in [-0.05, 0) is 31.4 Å². The fourth-order valence-corrected chi connectivity index (χ4v) is 2.63. The first-order chi connectivity index (χ1) is 8.11. The maximum absolute atomic E-state index is 6.05. The van der Waals surface area contributed by atoms with Gasteiger partial charge in [-0.15, -0.1) is 0 Å². The number of nitrogens with two attached hydrogens (primary N) is 1. The molecule has 0 aromatic heterocycles. The van der Waals surface area contributed by atoms with Gasteiger partial charge in [0.2, 0.25) is 0 Å². The number of hydrogen-bond donors (Lipinski definition) is 1. The molecular weight excluding hydrogens is 208 g/mol. The quantitative estimate of drug-likeness (QED) is 0.818. The number of anilines is 1. The third-order valence-corrected chi connectivity index (χ3v) is 3.94. The summed E-state index contributed by atoms with van der Waals surface area (Å²) in [5.74, 6) is 0. The van der Waals surface area contributed by atoms with Crippen LogP contribution in [0.1, 0.15) is 38.7 Å². The fourth-order valence-electron chi connectivity index (χ4n) is 2.63. The predicted octanol–water partition coefficient (Wildman–Crippen LogP) is 3.34. The van der Waals surface area contributed by atoms with Crippen molar-refractivity contribution in [3.63, 3.8) is 0 Å². The molecule has 0 heterocycles. The van der Waals surface area contributed by atoms with Crippen molar-refractivity contribution in [3.8, 4) is 0 Å². The zero-order valence-corrected chi connectivity index (χ0v) is 11.7. The van der Waals surface area contributed by atoms with E-state index in [2.05, 4.69) is 57.0 Å². The van der Waals surface area contributed by atoms with Crippen LogP contribution in [-0.4, -0.2) is 19.1 Å². The van der Waals surface area contributed by atoms with Gasteiger partial charge in [-0.3, -0.25) is 0 Å². The maximum Gasteiger partial charge on any atom is 0.0518 e. The van der Waals surface area contributed by atoms with Crippen molar-refractivity contribution in [1.82, 2.24) is 0 Å². The van der Waals surface area contributed by atoms with Crippen molar-refractivity contribution in [3.05, 3.63) is 29.8 Å². The van der Waals surface area contributed by atoms with Crippen molar-refractivity contribution in [1.29, 1.82) is 0 Å². The first kappa shape index (κ1) is 14.0. The topological polar surface area (TPSA) is 29.3 Å². The predicted molar refractivity (Wildman–Crippen MR) is 76.6 cm³/mol. The summed E-state index contributed by atoms with van der Waals surface area (Å²) in [6.07, 6.45) is 3.40. The molecule has 1 aromatic carbocycles. The molecule has 1 rings (SSSR count). The van der Waals surface area contributed by atoms with E-state index in [4.69, 9.17) is 5.73 Å². The van der Waals surface area contributed by atoms with Crippen molar-refractivity contribution >= 4 is 5.69 Å². The molecule has 1 unspecified atom stereocenters. The first-order valence-corrected chi connectivity index (χ1v) is 6.60. The SMILES string of the molecule is CCCC(CC)(CN)N(C)c1ccccc1C. The zero-order valence-electron chi connectivity index (χ0n) is 11.7. The van der Waals surface area contributed by atoms with Gasteiger partial charge in [-0.1, -0.05) is 38.5 Å². The molecular formula is C15H26N2. The van der Waals surface area contributed by atoms with Gasteiger partial charge in [0.1, 0.15) is 0 Å². The van der Waals surface area contributed by atoms with Crippen LogP contribution in [0, 0.1) is 6.92 Å². The van der Waals surface area contributed by atoms with Gasteiger partial charge >= 0.3 is 0 Å². The standard InChI is InChI=1S/C15H26N2/c1-5-11-15(6-2,12-16)17(4)14-10-8-7-9-13(14)3/h7-10H,5-6,11-12,16H2,1-4H3. The van der Waals surface area contributed by atoms with E-state index in [1.54, 1.807) is 0 Å². The molecule has 0 saturated heterocycles. The lowest BCUT2D eigenvalue weighted by atomic mass is 9.88. The van der Waals surface area contributed by atoms with Crippen molar-refractivity contribution in [2.45, 2.75) is 45.6 Å². The Morgan fingerprint density at radius 3 is 2.35 bits per heavy atom. The Hall–Kier alpha value is -1.02. The molecule has 96 valence electrons. The average molecular weight is 234 g/mol. The smallest absolute Gasteiger partial charge is 0.0518 e. The van der Waals surface area contributed by atoms with Crippen LogP contribution in [0.4, 0.5) is 5.69 Å². The Bertz CT molecular complexity index is 343. The molecule has 0 amide bonds. The number of likely N-dealkylation sites (N-methyl/N-ethyl adjacent to an activating group) is 1. The van der Waals surface area contributed by atoms with Crippen LogP contribution in [0.3, 0.4) is 0 Å². The van der Waals surface area contributed by atoms with E-state index in [9.17, 15) is 0 Å². The molecule has 17 heavy (non-hydrogen) atoms. The van der Waals surface area contributed by atoms with Gasteiger partial charge in [0.25, 0.3) is 0 Å². The van der Waals surface area contributed by atoms with Crippen molar-refractivity contribution in [2.24, 2.45) is 5.73 Å². The molecule has 2 nitrogen and oxygen atoms in total. The Balaban J connectivity index is 3.07. The second kappa shape index (κ2) is 6.06. The van der Waals surface area contributed by atoms with Crippen LogP contribution < -0.4 is 10.6 Å². The van der Waals surface area contributed by atoms with Gasteiger partial charge in [0.05, 0.1) is 5.54 Å². The van der Waals surface area contributed by atoms with Crippen LogP contribution in [0.15, 0.2) is 24.3 Å². The van der Waals surface area contributed by atoms with Gasteiger partial charge in [0, 0.05) is 19.3 Å². The Labute approximate surface area is 106 Å². The fraction of sp³-hybridized carbons (Fsp3) is 0.600. The lowest BCUT2D eigenvalue weighted by Gasteiger charge is -2.43. The molecule has 2 heteroatoms. The highest BCUT2D eigenvalue weighted by molar-refractivity contribution is 5.54. The average Bonchev–Trinajstić information content (AvgIpc) is 2.36. The van der Waals surface area contributed by atoms with Gasteiger partial charge in [-0.2, -0.15) is 0 Å². The summed E-state index contributed by atoms with van der Waals surface area (Å²) in [4.78, 5) is 2.38. The molecule has 0 aliphatic heterocycles. The number of benzene rings is 1. The van der Waals surface area contributed by atoms with Crippen LogP contribution in [-0.2, 0) is 0 Å². The van der Waals surface area contributed by atoms with Gasteiger partial charge < -0.3 is 10.6 Å². The van der Waals surface area contributed by atoms with Gasteiger partial charge in [0.15, 0.2) is 0 Å². The highest BCUT2D eigenvalue weighted by Gasteiger charge is 2.31. The summed E-state index contributed by atoms with van der Waals surface area (Å²) < 4.78 is 0. The molecule has 0 fully saturated rings. The first-order valence-electron chi connectivity index (χ1n) is 6.60. The number of para-hydroxylation sites is 1. The molecule has 0 aliphatic rings. The highest BCUT2D eigenvalue weighted by Crippen LogP contribution is 2.30. The molecule has 0 spiro atoms. The molecule has 1 aromatic rings. The van der Waals surface area contributed by atoms with E-state index >= 15 is 0 Å². The summed E-state index contributed by atoms with van der Waals surface area (Å²) in [5.41, 5.74) is 8.77. The van der Waals surface area contributed by atoms with Crippen LogP contribution in [0.25, 0.3) is 0 Å². The zero-order chi connectivity index (χ0) is 12.9. The highest BCUT2D eigenvalue weighted by atomic mass is 15.2. The van der Waals surface area contributed by atoms with E-state index in [0.717, 1.165) is 12.8 Å². The monoisotopic (exact) mass is 234 g/mol. The summed E-state index contributed by atoms with van der Waals surface area (Å²) in [7, 11) is 2.17. The summed E-state index contributed by atoms with van der Waals surface area (Å²) in [6, 6.07) is 8.53. The summed E-state index contributed by atoms with van der Waals surface area (Å²) >= 11 is 0. The molecule has 2 N–H and O–H groups in total. The van der Waals surface area contributed by atoms with E-state index in [0.29, 0.717) is 6.54 Å². The normalized spacial score (nSPS) is 14.4. The molecule has 0 radical (unpaired) electrons. The molecule has 0 saturated carbocycles. The lowest BCUT2D eigenvalue weighted by molar-refractivity contribution is 0.366. The van der Waals surface area contributed by atoms with Crippen LogP contribution in [0.2, 0.25) is 0 Å². The van der Waals surface area contributed by atoms with E-state index in [1.807, 2.05) is 0 Å². The van der Waals surface area contributed by atoms with Crippen molar-refractivity contribution < 1.29 is 0 Å². The minimum absolute atomic E-state index is 0.0981. The molecule has 0 bridgehead atoms. The molecule has 1 atom stereocenters. The summed E-state index contributed by atoms with van der Waals surface area (Å²) in [6.45, 7) is 7.33. The Kier molecular flexibility index (Phi) is 5.01. The van der Waals surface area contributed by atoms with Crippen LogP contribution in [0.5, 0.6) is 0 Å². The van der Waals surface area contributed by atoms with E-state index in [1.165, 1.54) is 17.7 Å². The number of aryl methyl sites for hydroxylation is 1. The molecule has 0 aliphatic carbocycles. The lowest BCUT2D eigenvalue weighted by Crippen LogP contribution is -2.52. The van der Waals surface area contributed by atoms with Crippen LogP contribution >= 0.6 is 0 Å². The Morgan fingerprint density at radius 1 is 1.24 bits per heavy atom. The third-order valence-electron chi connectivity index (χ3n) is 3.94. The minimum atomic E-state index is 0.0981.